The van der Waals surface area contributed by atoms with E-state index in [0.29, 0.717) is 15.5 Å². The maximum Gasteiger partial charge on any atom is 0.282 e. The van der Waals surface area contributed by atoms with E-state index in [1.54, 1.807) is 29.6 Å². The minimum Gasteiger partial charge on any atom is -0.378 e. The number of hydrogen-bond donors (Lipinski definition) is 1. The molecule has 0 fully saturated rings. The summed E-state index contributed by atoms with van der Waals surface area (Å²) in [6.45, 7) is 0. The molecule has 152 valence electrons. The SMILES string of the molecule is CN(C)c1ccc(NC2=C(c3cccs3)C(=O)N(c3cc(F)ccc3F)C2=O)cc1. The second-order valence-corrected chi connectivity index (χ2v) is 7.78. The third-order valence-corrected chi connectivity index (χ3v) is 5.54. The molecule has 1 N–H and O–H groups in total. The van der Waals surface area contributed by atoms with Crippen LogP contribution in [0.3, 0.4) is 0 Å². The zero-order valence-electron chi connectivity index (χ0n) is 16.1. The summed E-state index contributed by atoms with van der Waals surface area (Å²) >= 11 is 1.28. The minimum atomic E-state index is -0.861. The Morgan fingerprint density at radius 1 is 0.967 bits per heavy atom. The van der Waals surface area contributed by atoms with Crippen LogP contribution in [0.15, 0.2) is 65.7 Å². The first-order valence-corrected chi connectivity index (χ1v) is 9.91. The third kappa shape index (κ3) is 3.46. The number of imide groups is 1. The lowest BCUT2D eigenvalue weighted by molar-refractivity contribution is -0.120. The highest BCUT2D eigenvalue weighted by atomic mass is 32.1. The van der Waals surface area contributed by atoms with E-state index in [2.05, 4.69) is 5.32 Å². The molecule has 0 aliphatic carbocycles. The summed E-state index contributed by atoms with van der Waals surface area (Å²) in [6.07, 6.45) is 0. The minimum absolute atomic E-state index is 0.0173. The van der Waals surface area contributed by atoms with Crippen molar-refractivity contribution < 1.29 is 18.4 Å². The van der Waals surface area contributed by atoms with Crippen molar-refractivity contribution in [2.45, 2.75) is 0 Å². The van der Waals surface area contributed by atoms with Gasteiger partial charge < -0.3 is 10.2 Å². The van der Waals surface area contributed by atoms with Gasteiger partial charge in [0.2, 0.25) is 0 Å². The third-order valence-electron chi connectivity index (χ3n) is 4.65. The van der Waals surface area contributed by atoms with Crippen molar-refractivity contribution in [2.75, 3.05) is 29.2 Å². The molecule has 2 amide bonds. The molecular formula is C22H17F2N3O2S. The molecule has 0 atom stereocenters. The van der Waals surface area contributed by atoms with Crippen molar-refractivity contribution in [2.24, 2.45) is 0 Å². The first-order chi connectivity index (χ1) is 14.4. The van der Waals surface area contributed by atoms with E-state index in [1.165, 1.54) is 11.3 Å². The zero-order chi connectivity index (χ0) is 21.4. The fourth-order valence-corrected chi connectivity index (χ4v) is 3.93. The van der Waals surface area contributed by atoms with Crippen LogP contribution in [0.2, 0.25) is 0 Å². The number of carbonyl (C=O) groups is 2. The fraction of sp³-hybridized carbons (Fsp3) is 0.0909. The average molecular weight is 425 g/mol. The summed E-state index contributed by atoms with van der Waals surface area (Å²) in [4.78, 5) is 29.5. The van der Waals surface area contributed by atoms with E-state index in [0.717, 1.165) is 23.9 Å². The van der Waals surface area contributed by atoms with Crippen LogP contribution in [0.5, 0.6) is 0 Å². The molecule has 2 aromatic carbocycles. The van der Waals surface area contributed by atoms with Gasteiger partial charge in [-0.15, -0.1) is 11.3 Å². The molecule has 8 heteroatoms. The molecule has 0 saturated heterocycles. The fourth-order valence-electron chi connectivity index (χ4n) is 3.16. The summed E-state index contributed by atoms with van der Waals surface area (Å²) < 4.78 is 28.1. The van der Waals surface area contributed by atoms with Crippen LogP contribution in [0.1, 0.15) is 4.88 Å². The molecule has 4 rings (SSSR count). The number of anilines is 3. The Morgan fingerprint density at radius 3 is 2.33 bits per heavy atom. The average Bonchev–Trinajstić information content (AvgIpc) is 3.32. The second kappa shape index (κ2) is 7.72. The summed E-state index contributed by atoms with van der Waals surface area (Å²) in [5.41, 5.74) is 1.27. The van der Waals surface area contributed by atoms with Crippen LogP contribution in [0.4, 0.5) is 25.8 Å². The molecule has 1 aromatic heterocycles. The number of amides is 2. The standard InChI is InChI=1S/C22H17F2N3O2S/c1-26(2)15-8-6-14(7-9-15)25-20-19(18-4-3-11-30-18)21(28)27(22(20)29)17-12-13(23)5-10-16(17)24/h3-12,25H,1-2H3. The van der Waals surface area contributed by atoms with E-state index < -0.39 is 29.1 Å². The van der Waals surface area contributed by atoms with Crippen molar-refractivity contribution in [3.8, 4) is 0 Å². The van der Waals surface area contributed by atoms with Gasteiger partial charge in [-0.05, 0) is 47.8 Å². The van der Waals surface area contributed by atoms with Gasteiger partial charge in [-0.1, -0.05) is 6.07 Å². The van der Waals surface area contributed by atoms with Gasteiger partial charge in [0.15, 0.2) is 0 Å². The van der Waals surface area contributed by atoms with Crippen LogP contribution in [0, 0.1) is 11.6 Å². The van der Waals surface area contributed by atoms with Crippen LogP contribution >= 0.6 is 11.3 Å². The van der Waals surface area contributed by atoms with Crippen LogP contribution in [-0.4, -0.2) is 25.9 Å². The largest absolute Gasteiger partial charge is 0.378 e. The molecule has 0 unspecified atom stereocenters. The smallest absolute Gasteiger partial charge is 0.282 e. The Labute approximate surface area is 175 Å². The zero-order valence-corrected chi connectivity index (χ0v) is 17.0. The van der Waals surface area contributed by atoms with E-state index in [-0.39, 0.29) is 11.3 Å². The predicted molar refractivity (Wildman–Crippen MR) is 114 cm³/mol. The van der Waals surface area contributed by atoms with Gasteiger partial charge in [0.1, 0.15) is 17.3 Å². The van der Waals surface area contributed by atoms with Crippen molar-refractivity contribution in [3.05, 3.63) is 82.2 Å². The lowest BCUT2D eigenvalue weighted by Crippen LogP contribution is -2.33. The maximum absolute atomic E-state index is 14.4. The molecule has 1 aliphatic heterocycles. The molecular weight excluding hydrogens is 408 g/mol. The molecule has 0 bridgehead atoms. The number of hydrogen-bond acceptors (Lipinski definition) is 5. The molecule has 3 aromatic rings. The van der Waals surface area contributed by atoms with Gasteiger partial charge >= 0.3 is 0 Å². The van der Waals surface area contributed by atoms with Gasteiger partial charge in [-0.2, -0.15) is 0 Å². The monoisotopic (exact) mass is 425 g/mol. The van der Waals surface area contributed by atoms with Crippen molar-refractivity contribution in [1.29, 1.82) is 0 Å². The number of rotatable bonds is 5. The highest BCUT2D eigenvalue weighted by molar-refractivity contribution is 7.11. The summed E-state index contributed by atoms with van der Waals surface area (Å²) in [5, 5.41) is 4.77. The molecule has 1 aliphatic rings. The molecule has 2 heterocycles. The number of nitrogens with zero attached hydrogens (tertiary/aromatic N) is 2. The van der Waals surface area contributed by atoms with Gasteiger partial charge in [-0.3, -0.25) is 9.59 Å². The summed E-state index contributed by atoms with van der Waals surface area (Å²) in [6, 6.07) is 13.4. The summed E-state index contributed by atoms with van der Waals surface area (Å²) in [5.74, 6) is -3.06. The van der Waals surface area contributed by atoms with Crippen LogP contribution in [-0.2, 0) is 9.59 Å². The highest BCUT2D eigenvalue weighted by Gasteiger charge is 2.41. The Kier molecular flexibility index (Phi) is 5.09. The molecule has 0 spiro atoms. The Bertz CT molecular complexity index is 1160. The van der Waals surface area contributed by atoms with E-state index in [1.807, 2.05) is 31.1 Å². The van der Waals surface area contributed by atoms with Crippen molar-refractivity contribution >= 4 is 45.8 Å². The normalized spacial score (nSPS) is 13.9. The first kappa shape index (κ1) is 19.8. The molecule has 0 saturated carbocycles. The molecule has 0 radical (unpaired) electrons. The van der Waals surface area contributed by atoms with Gasteiger partial charge in [0, 0.05) is 36.4 Å². The Hall–Kier alpha value is -3.52. The van der Waals surface area contributed by atoms with Crippen molar-refractivity contribution in [1.82, 2.24) is 0 Å². The van der Waals surface area contributed by atoms with Crippen LogP contribution in [0.25, 0.3) is 5.57 Å². The lowest BCUT2D eigenvalue weighted by Gasteiger charge is -2.16. The highest BCUT2D eigenvalue weighted by Crippen LogP contribution is 2.36. The first-order valence-electron chi connectivity index (χ1n) is 9.03. The Morgan fingerprint density at radius 2 is 1.70 bits per heavy atom. The van der Waals surface area contributed by atoms with Crippen LogP contribution < -0.4 is 15.1 Å². The second-order valence-electron chi connectivity index (χ2n) is 6.84. The summed E-state index contributed by atoms with van der Waals surface area (Å²) in [7, 11) is 3.81. The predicted octanol–water partition coefficient (Wildman–Crippen LogP) is 4.49. The van der Waals surface area contributed by atoms with E-state index >= 15 is 0 Å². The van der Waals surface area contributed by atoms with Gasteiger partial charge in [0.25, 0.3) is 11.8 Å². The number of carbonyl (C=O) groups excluding carboxylic acids is 2. The molecule has 30 heavy (non-hydrogen) atoms. The van der Waals surface area contributed by atoms with Gasteiger partial charge in [0.05, 0.1) is 11.3 Å². The topological polar surface area (TPSA) is 52.7 Å². The maximum atomic E-state index is 14.4. The number of nitrogens with one attached hydrogen (secondary N) is 1. The number of benzene rings is 2. The van der Waals surface area contributed by atoms with E-state index in [4.69, 9.17) is 0 Å². The van der Waals surface area contributed by atoms with Gasteiger partial charge in [-0.25, -0.2) is 13.7 Å². The molecule has 5 nitrogen and oxygen atoms in total. The van der Waals surface area contributed by atoms with Crippen molar-refractivity contribution in [3.63, 3.8) is 0 Å². The Balaban J connectivity index is 1.77. The van der Waals surface area contributed by atoms with E-state index in [9.17, 15) is 18.4 Å². The number of halogens is 2. The lowest BCUT2D eigenvalue weighted by atomic mass is 10.1. The quantitative estimate of drug-likeness (QED) is 0.612. The number of thiophene rings is 1.